The van der Waals surface area contributed by atoms with Crippen molar-refractivity contribution in [2.45, 2.75) is 51.7 Å². The van der Waals surface area contributed by atoms with Crippen molar-refractivity contribution in [3.63, 3.8) is 0 Å². The molecule has 0 amide bonds. The maximum Gasteiger partial charge on any atom is 0.163 e. The second-order valence-corrected chi connectivity index (χ2v) is 4.76. The van der Waals surface area contributed by atoms with Gasteiger partial charge in [-0.15, -0.1) is 0 Å². The molecule has 2 rings (SSSR count). The number of hydrogen-bond acceptors (Lipinski definition) is 3. The van der Waals surface area contributed by atoms with E-state index in [9.17, 15) is 0 Å². The third-order valence-electron chi connectivity index (χ3n) is 2.84. The summed E-state index contributed by atoms with van der Waals surface area (Å²) in [5.74, 6) is -0.363. The molecule has 2 aliphatic heterocycles. The average Bonchev–Trinajstić information content (AvgIpc) is 2.39. The van der Waals surface area contributed by atoms with Gasteiger partial charge in [0.1, 0.15) is 12.2 Å². The van der Waals surface area contributed by atoms with Crippen LogP contribution in [0.3, 0.4) is 0 Å². The standard InChI is InChI=1S/C10H19NO2/c1-7(2)11-5-8-9(6-11)13-10(3,4)12-8/h7-9H,5-6H2,1-4H3. The fourth-order valence-electron chi connectivity index (χ4n) is 2.18. The van der Waals surface area contributed by atoms with E-state index < -0.39 is 0 Å². The third-order valence-corrected chi connectivity index (χ3v) is 2.84. The van der Waals surface area contributed by atoms with Crippen LogP contribution < -0.4 is 0 Å². The summed E-state index contributed by atoms with van der Waals surface area (Å²) in [6, 6.07) is 0.598. The van der Waals surface area contributed by atoms with Gasteiger partial charge in [0.25, 0.3) is 0 Å². The third kappa shape index (κ3) is 1.73. The van der Waals surface area contributed by atoms with Crippen LogP contribution >= 0.6 is 0 Å². The molecular formula is C10H19NO2. The molecule has 0 aromatic carbocycles. The van der Waals surface area contributed by atoms with Gasteiger partial charge in [-0.25, -0.2) is 0 Å². The first kappa shape index (κ1) is 9.44. The van der Waals surface area contributed by atoms with Crippen molar-refractivity contribution in [3.8, 4) is 0 Å². The summed E-state index contributed by atoms with van der Waals surface area (Å²) >= 11 is 0. The van der Waals surface area contributed by atoms with Crippen LogP contribution in [0.4, 0.5) is 0 Å². The number of rotatable bonds is 1. The minimum Gasteiger partial charge on any atom is -0.343 e. The highest BCUT2D eigenvalue weighted by atomic mass is 16.8. The quantitative estimate of drug-likeness (QED) is 0.613. The normalized spacial score (nSPS) is 38.5. The molecule has 2 unspecified atom stereocenters. The van der Waals surface area contributed by atoms with Crippen molar-refractivity contribution in [2.24, 2.45) is 0 Å². The topological polar surface area (TPSA) is 21.7 Å². The zero-order chi connectivity index (χ0) is 9.64. The Morgan fingerprint density at radius 2 is 1.62 bits per heavy atom. The lowest BCUT2D eigenvalue weighted by Crippen LogP contribution is -2.34. The van der Waals surface area contributed by atoms with E-state index in [1.165, 1.54) is 0 Å². The molecule has 3 nitrogen and oxygen atoms in total. The van der Waals surface area contributed by atoms with Crippen LogP contribution in [0.25, 0.3) is 0 Å². The van der Waals surface area contributed by atoms with Crippen molar-refractivity contribution in [1.29, 1.82) is 0 Å². The molecule has 0 spiro atoms. The number of nitrogens with zero attached hydrogens (tertiary/aromatic N) is 1. The van der Waals surface area contributed by atoms with E-state index >= 15 is 0 Å². The van der Waals surface area contributed by atoms with Crippen LogP contribution in [0.1, 0.15) is 27.7 Å². The van der Waals surface area contributed by atoms with E-state index in [1.807, 2.05) is 13.8 Å². The molecule has 13 heavy (non-hydrogen) atoms. The molecule has 2 atom stereocenters. The molecule has 76 valence electrons. The largest absolute Gasteiger partial charge is 0.343 e. The molecule has 3 heteroatoms. The first-order chi connectivity index (χ1) is 5.98. The van der Waals surface area contributed by atoms with Crippen LogP contribution in [0.15, 0.2) is 0 Å². The molecule has 2 fully saturated rings. The molecule has 0 N–H and O–H groups in total. The van der Waals surface area contributed by atoms with Crippen molar-refractivity contribution in [2.75, 3.05) is 13.1 Å². The molecular weight excluding hydrogens is 166 g/mol. The van der Waals surface area contributed by atoms with Gasteiger partial charge in [-0.2, -0.15) is 0 Å². The fraction of sp³-hybridized carbons (Fsp3) is 1.00. The minimum absolute atomic E-state index is 0.289. The second-order valence-electron chi connectivity index (χ2n) is 4.76. The predicted octanol–water partition coefficient (Wildman–Crippen LogP) is 1.23. The van der Waals surface area contributed by atoms with E-state index in [4.69, 9.17) is 9.47 Å². The number of likely N-dealkylation sites (tertiary alicyclic amines) is 1. The first-order valence-corrected chi connectivity index (χ1v) is 5.07. The van der Waals surface area contributed by atoms with Crippen LogP contribution in [0.2, 0.25) is 0 Å². The van der Waals surface area contributed by atoms with Gasteiger partial charge < -0.3 is 9.47 Å². The zero-order valence-corrected chi connectivity index (χ0v) is 8.91. The Labute approximate surface area is 80.0 Å². The van der Waals surface area contributed by atoms with Gasteiger partial charge in [0.2, 0.25) is 0 Å². The summed E-state index contributed by atoms with van der Waals surface area (Å²) in [7, 11) is 0. The fourth-order valence-corrected chi connectivity index (χ4v) is 2.18. The van der Waals surface area contributed by atoms with E-state index in [0.29, 0.717) is 6.04 Å². The average molecular weight is 185 g/mol. The molecule has 0 bridgehead atoms. The maximum absolute atomic E-state index is 5.79. The summed E-state index contributed by atoms with van der Waals surface area (Å²) in [5, 5.41) is 0. The molecule has 0 aromatic rings. The Kier molecular flexibility index (Phi) is 2.13. The number of ether oxygens (including phenoxy) is 2. The van der Waals surface area contributed by atoms with Gasteiger partial charge in [0, 0.05) is 19.1 Å². The molecule has 2 saturated heterocycles. The van der Waals surface area contributed by atoms with Crippen LogP contribution in [-0.2, 0) is 9.47 Å². The molecule has 2 aliphatic rings. The minimum atomic E-state index is -0.363. The Morgan fingerprint density at radius 1 is 1.15 bits per heavy atom. The van der Waals surface area contributed by atoms with Crippen LogP contribution in [0, 0.1) is 0 Å². The van der Waals surface area contributed by atoms with Gasteiger partial charge >= 0.3 is 0 Å². The van der Waals surface area contributed by atoms with Gasteiger partial charge in [0.05, 0.1) is 0 Å². The lowest BCUT2D eigenvalue weighted by molar-refractivity contribution is -0.156. The highest BCUT2D eigenvalue weighted by Crippen LogP contribution is 2.33. The molecule has 0 saturated carbocycles. The van der Waals surface area contributed by atoms with Gasteiger partial charge in [-0.1, -0.05) is 0 Å². The van der Waals surface area contributed by atoms with E-state index in [-0.39, 0.29) is 18.0 Å². The highest BCUT2D eigenvalue weighted by molar-refractivity contribution is 4.92. The maximum atomic E-state index is 5.79. The molecule has 2 heterocycles. The number of fused-ring (bicyclic) bond motifs is 1. The first-order valence-electron chi connectivity index (χ1n) is 5.07. The lowest BCUT2D eigenvalue weighted by Gasteiger charge is -2.24. The summed E-state index contributed by atoms with van der Waals surface area (Å²) in [6.07, 6.45) is 0.579. The van der Waals surface area contributed by atoms with Crippen molar-refractivity contribution >= 4 is 0 Å². The molecule has 0 aromatic heterocycles. The Bertz CT molecular complexity index is 187. The second kappa shape index (κ2) is 2.94. The van der Waals surface area contributed by atoms with Gasteiger partial charge in [0.15, 0.2) is 5.79 Å². The SMILES string of the molecule is CC(C)N1CC2OC(C)(C)OC2C1. The zero-order valence-electron chi connectivity index (χ0n) is 8.91. The van der Waals surface area contributed by atoms with Crippen LogP contribution in [0.5, 0.6) is 0 Å². The Balaban J connectivity index is 1.97. The van der Waals surface area contributed by atoms with E-state index in [2.05, 4.69) is 18.7 Å². The summed E-state index contributed by atoms with van der Waals surface area (Å²) in [4.78, 5) is 2.41. The smallest absolute Gasteiger partial charge is 0.163 e. The van der Waals surface area contributed by atoms with Crippen LogP contribution in [-0.4, -0.2) is 42.0 Å². The molecule has 0 radical (unpaired) electrons. The van der Waals surface area contributed by atoms with E-state index in [1.54, 1.807) is 0 Å². The number of hydrogen-bond donors (Lipinski definition) is 0. The van der Waals surface area contributed by atoms with Crippen molar-refractivity contribution in [1.82, 2.24) is 4.90 Å². The Hall–Kier alpha value is -0.120. The lowest BCUT2D eigenvalue weighted by atomic mass is 10.3. The van der Waals surface area contributed by atoms with Gasteiger partial charge in [-0.05, 0) is 27.7 Å². The van der Waals surface area contributed by atoms with Crippen molar-refractivity contribution < 1.29 is 9.47 Å². The monoisotopic (exact) mass is 185 g/mol. The van der Waals surface area contributed by atoms with Gasteiger partial charge in [-0.3, -0.25) is 4.90 Å². The summed E-state index contributed by atoms with van der Waals surface area (Å²) in [5.41, 5.74) is 0. The summed E-state index contributed by atoms with van der Waals surface area (Å²) in [6.45, 7) is 10.5. The highest BCUT2D eigenvalue weighted by Gasteiger charge is 2.46. The van der Waals surface area contributed by atoms with E-state index in [0.717, 1.165) is 13.1 Å². The Morgan fingerprint density at radius 3 is 2.00 bits per heavy atom. The molecule has 0 aliphatic carbocycles. The summed E-state index contributed by atoms with van der Waals surface area (Å²) < 4.78 is 11.6. The predicted molar refractivity (Wildman–Crippen MR) is 50.5 cm³/mol. The van der Waals surface area contributed by atoms with Crippen molar-refractivity contribution in [3.05, 3.63) is 0 Å².